The molecule has 2 aliphatic rings. The molecule has 0 atom stereocenters. The number of hydrogen-bond donors (Lipinski definition) is 0. The Balaban J connectivity index is 1.22. The zero-order chi connectivity index (χ0) is 20.7. The van der Waals surface area contributed by atoms with Crippen LogP contribution in [-0.2, 0) is 26.1 Å². The van der Waals surface area contributed by atoms with Crippen LogP contribution in [0.2, 0.25) is 0 Å². The highest BCUT2D eigenvalue weighted by atomic mass is 19.4. The van der Waals surface area contributed by atoms with Gasteiger partial charge in [-0.25, -0.2) is 0 Å². The predicted molar refractivity (Wildman–Crippen MR) is 105 cm³/mol. The Labute approximate surface area is 172 Å². The molecule has 0 aliphatic carbocycles. The summed E-state index contributed by atoms with van der Waals surface area (Å²) in [7, 11) is 0. The van der Waals surface area contributed by atoms with Crippen molar-refractivity contribution >= 4 is 10.9 Å². The first kappa shape index (κ1) is 19.4. The van der Waals surface area contributed by atoms with Crippen LogP contribution in [-0.4, -0.2) is 49.6 Å². The zero-order valence-electron chi connectivity index (χ0n) is 16.6. The number of alkyl halides is 3. The van der Waals surface area contributed by atoms with Gasteiger partial charge in [-0.1, -0.05) is 6.07 Å². The van der Waals surface area contributed by atoms with Gasteiger partial charge >= 0.3 is 6.18 Å². The first-order valence-corrected chi connectivity index (χ1v) is 10.4. The van der Waals surface area contributed by atoms with Crippen LogP contribution >= 0.6 is 0 Å². The molecule has 2 aromatic heterocycles. The molecule has 3 aromatic rings. The number of likely N-dealkylation sites (tertiary alicyclic amines) is 1. The van der Waals surface area contributed by atoms with E-state index in [9.17, 15) is 13.2 Å². The van der Waals surface area contributed by atoms with Crippen molar-refractivity contribution in [3.05, 3.63) is 42.1 Å². The average molecular weight is 419 g/mol. The number of piperidine rings is 1. The van der Waals surface area contributed by atoms with Crippen LogP contribution in [0.15, 0.2) is 30.5 Å². The van der Waals surface area contributed by atoms with E-state index in [1.165, 1.54) is 10.8 Å². The first-order chi connectivity index (χ1) is 14.5. The summed E-state index contributed by atoms with van der Waals surface area (Å²) in [4.78, 5) is 2.37. The summed E-state index contributed by atoms with van der Waals surface area (Å²) in [5.41, 5.74) is 0.544. The van der Waals surface area contributed by atoms with Gasteiger partial charge in [0.25, 0.3) is 0 Å². The lowest BCUT2D eigenvalue weighted by molar-refractivity contribution is -0.139. The second-order valence-electron chi connectivity index (χ2n) is 8.13. The number of benzene rings is 1. The molecule has 0 radical (unpaired) electrons. The molecular formula is C21H24F3N5O. The Morgan fingerprint density at radius 1 is 1.07 bits per heavy atom. The second kappa shape index (κ2) is 7.61. The molecule has 0 spiro atoms. The zero-order valence-corrected chi connectivity index (χ0v) is 16.6. The third-order valence-corrected chi connectivity index (χ3v) is 6.00. The van der Waals surface area contributed by atoms with Crippen molar-refractivity contribution < 1.29 is 17.9 Å². The van der Waals surface area contributed by atoms with E-state index < -0.39 is 12.7 Å². The van der Waals surface area contributed by atoms with E-state index in [4.69, 9.17) is 4.74 Å². The van der Waals surface area contributed by atoms with Gasteiger partial charge in [-0.3, -0.25) is 4.90 Å². The van der Waals surface area contributed by atoms with Crippen molar-refractivity contribution in [3.63, 3.8) is 0 Å². The molecule has 4 heterocycles. The van der Waals surface area contributed by atoms with Gasteiger partial charge < -0.3 is 13.9 Å². The maximum Gasteiger partial charge on any atom is 0.406 e. The molecule has 1 fully saturated rings. The maximum atomic E-state index is 12.8. The van der Waals surface area contributed by atoms with Gasteiger partial charge in [0.2, 0.25) is 0 Å². The monoisotopic (exact) mass is 419 g/mol. The molecule has 5 rings (SSSR count). The van der Waals surface area contributed by atoms with E-state index in [1.54, 1.807) is 18.2 Å². The average Bonchev–Trinajstić information content (AvgIpc) is 3.41. The standard InChI is InChI=1S/C21H24F3N5O/c22-21(23,24)14-28-12-8-16-17(28)3-1-4-18(16)30-15-6-10-27(11-7-15)13-20-26-25-19-5-2-9-29(19)20/h1,3-4,8,12,15H,2,5-7,9-11,13-14H2. The van der Waals surface area contributed by atoms with E-state index in [1.807, 2.05) is 6.07 Å². The highest BCUT2D eigenvalue weighted by Gasteiger charge is 2.29. The van der Waals surface area contributed by atoms with E-state index >= 15 is 0 Å². The van der Waals surface area contributed by atoms with Gasteiger partial charge in [-0.15, -0.1) is 10.2 Å². The number of hydrogen-bond acceptors (Lipinski definition) is 4. The number of halogens is 3. The number of nitrogens with zero attached hydrogens (tertiary/aromatic N) is 5. The second-order valence-corrected chi connectivity index (χ2v) is 8.13. The van der Waals surface area contributed by atoms with Crippen LogP contribution < -0.4 is 4.74 Å². The molecule has 0 bridgehead atoms. The van der Waals surface area contributed by atoms with Crippen molar-refractivity contribution in [2.24, 2.45) is 0 Å². The summed E-state index contributed by atoms with van der Waals surface area (Å²) >= 11 is 0. The molecular weight excluding hydrogens is 395 g/mol. The topological polar surface area (TPSA) is 48.1 Å². The largest absolute Gasteiger partial charge is 0.490 e. The summed E-state index contributed by atoms with van der Waals surface area (Å²) in [6.07, 6.45) is 1.19. The Bertz CT molecular complexity index is 1030. The van der Waals surface area contributed by atoms with Gasteiger partial charge in [0, 0.05) is 37.6 Å². The third-order valence-electron chi connectivity index (χ3n) is 6.00. The molecule has 160 valence electrons. The summed E-state index contributed by atoms with van der Waals surface area (Å²) < 4.78 is 48.1. The minimum absolute atomic E-state index is 0.0573. The van der Waals surface area contributed by atoms with Gasteiger partial charge in [0.15, 0.2) is 0 Å². The van der Waals surface area contributed by atoms with Gasteiger partial charge in [0.1, 0.15) is 30.0 Å². The summed E-state index contributed by atoms with van der Waals surface area (Å²) in [5, 5.41) is 9.34. The van der Waals surface area contributed by atoms with E-state index in [-0.39, 0.29) is 6.10 Å². The quantitative estimate of drug-likeness (QED) is 0.632. The van der Waals surface area contributed by atoms with Crippen molar-refractivity contribution in [2.45, 2.75) is 57.6 Å². The van der Waals surface area contributed by atoms with E-state index in [0.29, 0.717) is 11.3 Å². The molecule has 30 heavy (non-hydrogen) atoms. The molecule has 6 nitrogen and oxygen atoms in total. The fourth-order valence-corrected chi connectivity index (χ4v) is 4.52. The Morgan fingerprint density at radius 3 is 2.70 bits per heavy atom. The minimum atomic E-state index is -4.25. The molecule has 9 heteroatoms. The van der Waals surface area contributed by atoms with Crippen LogP contribution in [0.5, 0.6) is 5.75 Å². The summed E-state index contributed by atoms with van der Waals surface area (Å²) in [6.45, 7) is 2.62. The third kappa shape index (κ3) is 3.90. The number of rotatable bonds is 5. The summed E-state index contributed by atoms with van der Waals surface area (Å²) in [6, 6.07) is 7.00. The van der Waals surface area contributed by atoms with Crippen LogP contribution in [0.1, 0.15) is 30.9 Å². The highest BCUT2D eigenvalue weighted by molar-refractivity contribution is 5.86. The predicted octanol–water partition coefficient (Wildman–Crippen LogP) is 3.78. The number of aryl methyl sites for hydroxylation is 1. The molecule has 2 aliphatic heterocycles. The lowest BCUT2D eigenvalue weighted by atomic mass is 10.1. The molecule has 0 amide bonds. The normalized spacial score (nSPS) is 18.2. The Hall–Kier alpha value is -2.55. The van der Waals surface area contributed by atoms with Gasteiger partial charge in [0.05, 0.1) is 12.1 Å². The number of ether oxygens (including phenoxy) is 1. The molecule has 0 unspecified atom stereocenters. The minimum Gasteiger partial charge on any atom is -0.490 e. The first-order valence-electron chi connectivity index (χ1n) is 10.4. The van der Waals surface area contributed by atoms with Crippen molar-refractivity contribution in [3.8, 4) is 5.75 Å². The lowest BCUT2D eigenvalue weighted by Crippen LogP contribution is -2.38. The summed E-state index contributed by atoms with van der Waals surface area (Å²) in [5.74, 6) is 2.79. The Kier molecular flexibility index (Phi) is 4.92. The molecule has 1 saturated heterocycles. The maximum absolute atomic E-state index is 12.8. The van der Waals surface area contributed by atoms with Crippen LogP contribution in [0.25, 0.3) is 10.9 Å². The molecule has 0 N–H and O–H groups in total. The van der Waals surface area contributed by atoms with E-state index in [0.717, 1.165) is 68.9 Å². The molecule has 0 saturated carbocycles. The molecule has 1 aromatic carbocycles. The lowest BCUT2D eigenvalue weighted by Gasteiger charge is -2.32. The van der Waals surface area contributed by atoms with Crippen LogP contribution in [0.4, 0.5) is 13.2 Å². The van der Waals surface area contributed by atoms with Crippen LogP contribution in [0.3, 0.4) is 0 Å². The number of fused-ring (bicyclic) bond motifs is 2. The van der Waals surface area contributed by atoms with Gasteiger partial charge in [-0.2, -0.15) is 13.2 Å². The highest BCUT2D eigenvalue weighted by Crippen LogP contribution is 2.31. The number of aromatic nitrogens is 4. The van der Waals surface area contributed by atoms with E-state index in [2.05, 4.69) is 19.7 Å². The van der Waals surface area contributed by atoms with Crippen molar-refractivity contribution in [2.75, 3.05) is 13.1 Å². The van der Waals surface area contributed by atoms with Crippen LogP contribution in [0, 0.1) is 0 Å². The Morgan fingerprint density at radius 2 is 1.90 bits per heavy atom. The van der Waals surface area contributed by atoms with Gasteiger partial charge in [-0.05, 0) is 37.5 Å². The fourth-order valence-electron chi connectivity index (χ4n) is 4.52. The smallest absolute Gasteiger partial charge is 0.406 e. The van der Waals surface area contributed by atoms with Crippen molar-refractivity contribution in [1.29, 1.82) is 0 Å². The SMILES string of the molecule is FC(F)(F)Cn1ccc2c(OC3CCN(Cc4nnc5n4CCC5)CC3)cccc21. The van der Waals surface area contributed by atoms with Crippen molar-refractivity contribution in [1.82, 2.24) is 24.2 Å². The fraction of sp³-hybridized carbons (Fsp3) is 0.524.